The number of nitrogens with one attached hydrogen (secondary N) is 1. The van der Waals surface area contributed by atoms with Gasteiger partial charge in [0.05, 0.1) is 25.9 Å². The molecule has 0 aliphatic carbocycles. The van der Waals surface area contributed by atoms with E-state index in [4.69, 9.17) is 13.8 Å². The maximum Gasteiger partial charge on any atom is 0.369 e. The summed E-state index contributed by atoms with van der Waals surface area (Å²) in [7, 11) is -3.34. The van der Waals surface area contributed by atoms with E-state index in [1.54, 1.807) is 20.8 Å². The van der Waals surface area contributed by atoms with Crippen LogP contribution in [0.15, 0.2) is 15.8 Å². The van der Waals surface area contributed by atoms with Crippen LogP contribution in [0.1, 0.15) is 19.4 Å². The van der Waals surface area contributed by atoms with E-state index in [2.05, 4.69) is 4.98 Å². The Hall–Kier alpha value is -0.860. The third kappa shape index (κ3) is 4.36. The normalized spacial score (nSPS) is 21.7. The molecule has 2 rings (SSSR count). The number of nitrogens with zero attached hydrogens (tertiary/aromatic N) is 1. The summed E-state index contributed by atoms with van der Waals surface area (Å²) in [6.45, 7) is 5.90. The Bertz CT molecular complexity index is 692. The zero-order chi connectivity index (χ0) is 17.0. The van der Waals surface area contributed by atoms with Gasteiger partial charge in [-0.15, -0.1) is 11.8 Å². The number of H-pyrrole nitrogens is 1. The summed E-state index contributed by atoms with van der Waals surface area (Å²) in [5.74, 6) is 0.555. The van der Waals surface area contributed by atoms with E-state index in [0.717, 1.165) is 0 Å². The molecule has 0 amide bonds. The molecular weight excluding hydrogens is 343 g/mol. The molecule has 10 heteroatoms. The van der Waals surface area contributed by atoms with Gasteiger partial charge >= 0.3 is 13.3 Å². The van der Waals surface area contributed by atoms with E-state index in [1.807, 2.05) is 0 Å². The van der Waals surface area contributed by atoms with Gasteiger partial charge in [0, 0.05) is 17.5 Å². The highest BCUT2D eigenvalue weighted by Gasteiger charge is 2.43. The van der Waals surface area contributed by atoms with Gasteiger partial charge in [0.2, 0.25) is 5.18 Å². The molecule has 1 aromatic heterocycles. The molecule has 0 spiro atoms. The number of aromatic amines is 1. The van der Waals surface area contributed by atoms with Crippen LogP contribution < -0.4 is 11.2 Å². The highest BCUT2D eigenvalue weighted by atomic mass is 32.2. The molecule has 0 aromatic carbocycles. The van der Waals surface area contributed by atoms with Crippen LogP contribution in [0.4, 0.5) is 0 Å². The minimum atomic E-state index is -3.34. The van der Waals surface area contributed by atoms with Crippen LogP contribution in [-0.4, -0.2) is 39.8 Å². The average molecular weight is 364 g/mol. The molecule has 1 aliphatic rings. The third-order valence-corrected chi connectivity index (χ3v) is 7.26. The molecule has 23 heavy (non-hydrogen) atoms. The van der Waals surface area contributed by atoms with Crippen LogP contribution in [0.3, 0.4) is 0 Å². The van der Waals surface area contributed by atoms with Gasteiger partial charge in [0.25, 0.3) is 5.56 Å². The zero-order valence-electron chi connectivity index (χ0n) is 13.3. The Labute approximate surface area is 138 Å². The summed E-state index contributed by atoms with van der Waals surface area (Å²) in [5, 5.41) is -0.702. The fourth-order valence-corrected chi connectivity index (χ4v) is 5.70. The van der Waals surface area contributed by atoms with Gasteiger partial charge in [-0.1, -0.05) is 0 Å². The van der Waals surface area contributed by atoms with E-state index in [0.29, 0.717) is 11.3 Å². The Morgan fingerprint density at radius 2 is 2.04 bits per heavy atom. The lowest BCUT2D eigenvalue weighted by molar-refractivity contribution is 0.0661. The second-order valence-electron chi connectivity index (χ2n) is 5.00. The molecule has 0 saturated carbocycles. The monoisotopic (exact) mass is 364 g/mol. The number of hydrogen-bond acceptors (Lipinski definition) is 7. The first-order valence-electron chi connectivity index (χ1n) is 7.35. The van der Waals surface area contributed by atoms with Crippen LogP contribution in [0.25, 0.3) is 0 Å². The summed E-state index contributed by atoms with van der Waals surface area (Å²) < 4.78 is 30.4. The van der Waals surface area contributed by atoms with E-state index < -0.39 is 24.0 Å². The van der Waals surface area contributed by atoms with Gasteiger partial charge in [0.15, 0.2) is 0 Å². The molecule has 1 fully saturated rings. The second-order valence-corrected chi connectivity index (χ2v) is 8.51. The van der Waals surface area contributed by atoms with Crippen molar-refractivity contribution in [3.8, 4) is 0 Å². The zero-order valence-corrected chi connectivity index (χ0v) is 15.0. The van der Waals surface area contributed by atoms with Crippen LogP contribution >= 0.6 is 19.4 Å². The number of thioether (sulfide) groups is 1. The van der Waals surface area contributed by atoms with Crippen LogP contribution in [0, 0.1) is 6.92 Å². The van der Waals surface area contributed by atoms with Gasteiger partial charge in [-0.25, -0.2) is 4.79 Å². The minimum absolute atomic E-state index is 0.262. The van der Waals surface area contributed by atoms with E-state index in [9.17, 15) is 14.2 Å². The number of rotatable bonds is 7. The van der Waals surface area contributed by atoms with Crippen molar-refractivity contribution in [2.75, 3.05) is 19.0 Å². The Kier molecular flexibility index (Phi) is 6.27. The first-order valence-corrected chi connectivity index (χ1v) is 10.0. The molecule has 2 unspecified atom stereocenters. The van der Waals surface area contributed by atoms with Gasteiger partial charge in [-0.3, -0.25) is 18.9 Å². The fourth-order valence-electron chi connectivity index (χ4n) is 2.19. The number of hydrogen-bond donors (Lipinski definition) is 1. The molecule has 0 radical (unpaired) electrons. The Balaban J connectivity index is 2.08. The fraction of sp³-hybridized carbons (Fsp3) is 0.692. The maximum absolute atomic E-state index is 12.7. The lowest BCUT2D eigenvalue weighted by Crippen LogP contribution is -2.34. The quantitative estimate of drug-likeness (QED) is 0.732. The van der Waals surface area contributed by atoms with Crippen molar-refractivity contribution in [3.63, 3.8) is 0 Å². The summed E-state index contributed by atoms with van der Waals surface area (Å²) in [6, 6.07) is 0. The summed E-state index contributed by atoms with van der Waals surface area (Å²) in [6.07, 6.45) is 1.18. The molecule has 1 aromatic rings. The first kappa shape index (κ1) is 18.5. The van der Waals surface area contributed by atoms with E-state index >= 15 is 0 Å². The largest absolute Gasteiger partial charge is 0.369 e. The molecule has 1 saturated heterocycles. The summed E-state index contributed by atoms with van der Waals surface area (Å²) >= 11 is 1.35. The van der Waals surface area contributed by atoms with Crippen molar-refractivity contribution < 1.29 is 18.3 Å². The Morgan fingerprint density at radius 1 is 1.39 bits per heavy atom. The van der Waals surface area contributed by atoms with Crippen molar-refractivity contribution >= 4 is 19.4 Å². The van der Waals surface area contributed by atoms with Gasteiger partial charge < -0.3 is 13.8 Å². The smallest absolute Gasteiger partial charge is 0.349 e. The average Bonchev–Trinajstić information content (AvgIpc) is 2.94. The summed E-state index contributed by atoms with van der Waals surface area (Å²) in [4.78, 5) is 25.4. The van der Waals surface area contributed by atoms with Crippen LogP contribution in [0.5, 0.6) is 0 Å². The number of ether oxygens (including phenoxy) is 1. The highest BCUT2D eigenvalue weighted by molar-refractivity contribution is 8.05. The maximum atomic E-state index is 12.7. The predicted molar refractivity (Wildman–Crippen MR) is 88.0 cm³/mol. The van der Waals surface area contributed by atoms with Crippen molar-refractivity contribution in [2.24, 2.45) is 0 Å². The highest BCUT2D eigenvalue weighted by Crippen LogP contribution is 2.59. The molecule has 130 valence electrons. The topological polar surface area (TPSA) is 99.6 Å². The van der Waals surface area contributed by atoms with Crippen molar-refractivity contribution in [2.45, 2.75) is 38.6 Å². The molecule has 8 nitrogen and oxygen atoms in total. The lowest BCUT2D eigenvalue weighted by atomic mass is 10.3. The SMILES string of the molecule is CCOP(=O)(OCC)C1OC(Cn2cc(C)c(=O)[nH]c2=O)CS1. The first-order chi connectivity index (χ1) is 10.9. The van der Waals surface area contributed by atoms with E-state index in [1.165, 1.54) is 22.5 Å². The van der Waals surface area contributed by atoms with Gasteiger partial charge in [-0.2, -0.15) is 0 Å². The molecule has 2 heterocycles. The molecule has 1 N–H and O–H groups in total. The van der Waals surface area contributed by atoms with Crippen molar-refractivity contribution in [1.82, 2.24) is 9.55 Å². The van der Waals surface area contributed by atoms with Gasteiger partial charge in [0.1, 0.15) is 0 Å². The third-order valence-electron chi connectivity index (χ3n) is 3.20. The predicted octanol–water partition coefficient (Wildman–Crippen LogP) is 1.53. The number of aromatic nitrogens is 2. The minimum Gasteiger partial charge on any atom is -0.349 e. The second kappa shape index (κ2) is 7.81. The Morgan fingerprint density at radius 3 is 2.65 bits per heavy atom. The van der Waals surface area contributed by atoms with Crippen LogP contribution in [-0.2, 0) is 24.9 Å². The van der Waals surface area contributed by atoms with Gasteiger partial charge in [-0.05, 0) is 20.8 Å². The lowest BCUT2D eigenvalue weighted by Gasteiger charge is -2.22. The molecule has 0 bridgehead atoms. The van der Waals surface area contributed by atoms with Crippen molar-refractivity contribution in [3.05, 3.63) is 32.6 Å². The van der Waals surface area contributed by atoms with Crippen LogP contribution in [0.2, 0.25) is 0 Å². The number of aryl methyl sites for hydroxylation is 1. The van der Waals surface area contributed by atoms with E-state index in [-0.39, 0.29) is 25.9 Å². The molecule has 1 aliphatic heterocycles. The molecule has 2 atom stereocenters. The van der Waals surface area contributed by atoms with Crippen molar-refractivity contribution in [1.29, 1.82) is 0 Å². The standard InChI is InChI=1S/C13H21N2O6PS/c1-4-19-22(18,20-5-2)13-21-10(8-23-13)7-15-6-9(3)11(16)14-12(15)17/h6,10,13H,4-5,7-8H2,1-3H3,(H,14,16,17). The molecular formula is C13H21N2O6PS. The summed E-state index contributed by atoms with van der Waals surface area (Å²) in [5.41, 5.74) is -0.445.